The summed E-state index contributed by atoms with van der Waals surface area (Å²) >= 11 is 0.991. The van der Waals surface area contributed by atoms with Gasteiger partial charge in [-0.2, -0.15) is 0 Å². The number of carboxylic acid groups (broad SMARTS) is 1. The Labute approximate surface area is 115 Å². The molecule has 1 aromatic rings. The van der Waals surface area contributed by atoms with E-state index in [-0.39, 0.29) is 5.91 Å². The molecule has 2 atom stereocenters. The van der Waals surface area contributed by atoms with Gasteiger partial charge < -0.3 is 10.4 Å². The van der Waals surface area contributed by atoms with E-state index in [4.69, 9.17) is 0 Å². The van der Waals surface area contributed by atoms with Gasteiger partial charge in [-0.15, -0.1) is 5.10 Å². The van der Waals surface area contributed by atoms with Gasteiger partial charge in [0.15, 0.2) is 0 Å². The van der Waals surface area contributed by atoms with Gasteiger partial charge in [-0.3, -0.25) is 4.79 Å². The summed E-state index contributed by atoms with van der Waals surface area (Å²) in [6.45, 7) is 3.71. The highest BCUT2D eigenvalue weighted by Gasteiger charge is 2.43. The molecule has 0 bridgehead atoms. The predicted octanol–water partition coefficient (Wildman–Crippen LogP) is 1.61. The van der Waals surface area contributed by atoms with Crippen molar-refractivity contribution in [2.24, 2.45) is 5.92 Å². The lowest BCUT2D eigenvalue weighted by Crippen LogP contribution is -2.56. The van der Waals surface area contributed by atoms with Crippen LogP contribution in [-0.4, -0.2) is 32.1 Å². The average molecular weight is 283 g/mol. The Hall–Kier alpha value is -1.50. The topological polar surface area (TPSA) is 92.2 Å². The molecular weight excluding hydrogens is 266 g/mol. The molecule has 19 heavy (non-hydrogen) atoms. The van der Waals surface area contributed by atoms with Gasteiger partial charge in [0.05, 0.1) is 5.69 Å². The molecule has 0 aliphatic heterocycles. The van der Waals surface area contributed by atoms with Gasteiger partial charge in [0.2, 0.25) is 0 Å². The first-order valence-corrected chi connectivity index (χ1v) is 7.07. The molecule has 104 valence electrons. The number of carbonyl (C=O) groups is 2. The van der Waals surface area contributed by atoms with E-state index in [0.29, 0.717) is 29.3 Å². The zero-order valence-corrected chi connectivity index (χ0v) is 11.8. The second kappa shape index (κ2) is 5.24. The molecule has 1 amide bonds. The summed E-state index contributed by atoms with van der Waals surface area (Å²) in [4.78, 5) is 24.1. The van der Waals surface area contributed by atoms with Crippen molar-refractivity contribution in [2.75, 3.05) is 0 Å². The minimum atomic E-state index is -1.15. The Balaban J connectivity index is 2.20. The Morgan fingerprint density at radius 3 is 2.79 bits per heavy atom. The maximum absolute atomic E-state index is 12.2. The number of amides is 1. The van der Waals surface area contributed by atoms with Gasteiger partial charge in [-0.25, -0.2) is 4.79 Å². The maximum atomic E-state index is 12.2. The first-order chi connectivity index (χ1) is 8.94. The Morgan fingerprint density at radius 2 is 2.26 bits per heavy atom. The minimum Gasteiger partial charge on any atom is -0.480 e. The van der Waals surface area contributed by atoms with Crippen molar-refractivity contribution in [3.8, 4) is 0 Å². The summed E-state index contributed by atoms with van der Waals surface area (Å²) in [5.41, 5.74) is -0.613. The van der Waals surface area contributed by atoms with E-state index >= 15 is 0 Å². The maximum Gasteiger partial charge on any atom is 0.329 e. The number of hydrogen-bond acceptors (Lipinski definition) is 5. The SMILES string of the molecule is Cc1nnsc1C(=O)NC1(C(=O)O)CCCC(C)C1. The third-order valence-electron chi connectivity index (χ3n) is 3.62. The molecule has 7 heteroatoms. The molecule has 0 saturated heterocycles. The summed E-state index contributed by atoms with van der Waals surface area (Å²) < 4.78 is 3.70. The molecule has 0 radical (unpaired) electrons. The van der Waals surface area contributed by atoms with Crippen LogP contribution in [0.1, 0.15) is 48.0 Å². The molecule has 1 fully saturated rings. The van der Waals surface area contributed by atoms with Crippen molar-refractivity contribution in [2.45, 2.75) is 45.1 Å². The number of aryl methyl sites for hydroxylation is 1. The second-order valence-electron chi connectivity index (χ2n) is 5.23. The normalized spacial score (nSPS) is 26.9. The van der Waals surface area contributed by atoms with Crippen LogP contribution in [0.4, 0.5) is 0 Å². The predicted molar refractivity (Wildman–Crippen MR) is 70.1 cm³/mol. The van der Waals surface area contributed by atoms with Crippen LogP contribution in [-0.2, 0) is 4.79 Å². The fraction of sp³-hybridized carbons (Fsp3) is 0.667. The van der Waals surface area contributed by atoms with Crippen LogP contribution in [0.25, 0.3) is 0 Å². The standard InChI is InChI=1S/C12H17N3O3S/c1-7-4-3-5-12(6-7,11(17)18)13-10(16)9-8(2)14-15-19-9/h7H,3-6H2,1-2H3,(H,13,16)(H,17,18). The smallest absolute Gasteiger partial charge is 0.329 e. The van der Waals surface area contributed by atoms with Crippen molar-refractivity contribution in [1.82, 2.24) is 14.9 Å². The minimum absolute atomic E-state index is 0.297. The number of aromatic nitrogens is 2. The number of carboxylic acids is 1. The average Bonchev–Trinajstić information content (AvgIpc) is 2.75. The number of nitrogens with zero attached hydrogens (tertiary/aromatic N) is 2. The molecule has 1 heterocycles. The fourth-order valence-corrected chi connectivity index (χ4v) is 3.18. The van der Waals surface area contributed by atoms with Gasteiger partial charge in [0, 0.05) is 0 Å². The van der Waals surface area contributed by atoms with E-state index in [1.54, 1.807) is 6.92 Å². The third kappa shape index (κ3) is 2.75. The van der Waals surface area contributed by atoms with Crippen LogP contribution in [0.2, 0.25) is 0 Å². The van der Waals surface area contributed by atoms with Crippen molar-refractivity contribution in [1.29, 1.82) is 0 Å². The number of nitrogens with one attached hydrogen (secondary N) is 1. The van der Waals surface area contributed by atoms with Crippen molar-refractivity contribution >= 4 is 23.4 Å². The van der Waals surface area contributed by atoms with Crippen LogP contribution in [0.3, 0.4) is 0 Å². The first-order valence-electron chi connectivity index (χ1n) is 6.29. The Bertz CT molecular complexity index is 502. The Morgan fingerprint density at radius 1 is 1.53 bits per heavy atom. The molecule has 1 aromatic heterocycles. The van der Waals surface area contributed by atoms with Crippen molar-refractivity contribution < 1.29 is 14.7 Å². The third-order valence-corrected chi connectivity index (χ3v) is 4.44. The summed E-state index contributed by atoms with van der Waals surface area (Å²) in [6.07, 6.45) is 2.77. The highest BCUT2D eigenvalue weighted by molar-refractivity contribution is 7.08. The Kier molecular flexibility index (Phi) is 3.84. The summed E-state index contributed by atoms with van der Waals surface area (Å²) in [5, 5.41) is 16.0. The van der Waals surface area contributed by atoms with Crippen molar-refractivity contribution in [3.05, 3.63) is 10.6 Å². The molecule has 0 spiro atoms. The van der Waals surface area contributed by atoms with Crippen molar-refractivity contribution in [3.63, 3.8) is 0 Å². The molecule has 2 rings (SSSR count). The molecule has 1 aliphatic rings. The van der Waals surface area contributed by atoms with Gasteiger partial charge in [-0.1, -0.05) is 24.3 Å². The molecule has 2 N–H and O–H groups in total. The first kappa shape index (κ1) is 13.9. The lowest BCUT2D eigenvalue weighted by Gasteiger charge is -2.36. The van der Waals surface area contributed by atoms with Gasteiger partial charge in [0.1, 0.15) is 10.4 Å². The quantitative estimate of drug-likeness (QED) is 0.879. The lowest BCUT2D eigenvalue weighted by molar-refractivity contribution is -0.146. The highest BCUT2D eigenvalue weighted by atomic mass is 32.1. The monoisotopic (exact) mass is 283 g/mol. The summed E-state index contributed by atoms with van der Waals surface area (Å²) in [6, 6.07) is 0. The highest BCUT2D eigenvalue weighted by Crippen LogP contribution is 2.33. The van der Waals surface area contributed by atoms with E-state index < -0.39 is 11.5 Å². The number of rotatable bonds is 3. The van der Waals surface area contributed by atoms with Gasteiger partial charge >= 0.3 is 5.97 Å². The van der Waals surface area contributed by atoms with Crippen LogP contribution in [0.15, 0.2) is 0 Å². The van der Waals surface area contributed by atoms with Crippen LogP contribution in [0.5, 0.6) is 0 Å². The van der Waals surface area contributed by atoms with Crippen LogP contribution >= 0.6 is 11.5 Å². The lowest BCUT2D eigenvalue weighted by atomic mass is 9.76. The van der Waals surface area contributed by atoms with E-state index in [1.165, 1.54) is 0 Å². The zero-order chi connectivity index (χ0) is 14.0. The van der Waals surface area contributed by atoms with E-state index in [1.807, 2.05) is 6.92 Å². The molecule has 2 unspecified atom stereocenters. The van der Waals surface area contributed by atoms with E-state index in [9.17, 15) is 14.7 Å². The summed E-state index contributed by atoms with van der Waals surface area (Å²) in [5.74, 6) is -1.04. The van der Waals surface area contributed by atoms with Crippen LogP contribution < -0.4 is 5.32 Å². The number of carbonyl (C=O) groups excluding carboxylic acids is 1. The van der Waals surface area contributed by atoms with Gasteiger partial charge in [0.25, 0.3) is 5.91 Å². The molecule has 0 aromatic carbocycles. The largest absolute Gasteiger partial charge is 0.480 e. The molecule has 6 nitrogen and oxygen atoms in total. The zero-order valence-electron chi connectivity index (χ0n) is 11.0. The molecule has 1 saturated carbocycles. The number of aliphatic carboxylic acids is 1. The molecule has 1 aliphatic carbocycles. The second-order valence-corrected chi connectivity index (χ2v) is 5.98. The molecular formula is C12H17N3O3S. The number of hydrogen-bond donors (Lipinski definition) is 2. The van der Waals surface area contributed by atoms with Gasteiger partial charge in [-0.05, 0) is 37.2 Å². The fourth-order valence-electron chi connectivity index (χ4n) is 2.63. The van der Waals surface area contributed by atoms with E-state index in [2.05, 4.69) is 14.9 Å². The summed E-state index contributed by atoms with van der Waals surface area (Å²) in [7, 11) is 0. The van der Waals surface area contributed by atoms with E-state index in [0.717, 1.165) is 24.4 Å². The van der Waals surface area contributed by atoms with Crippen LogP contribution in [0, 0.1) is 12.8 Å².